The molecular weight excluding hydrogens is 337 g/mol. The third-order valence-electron chi connectivity index (χ3n) is 4.19. The van der Waals surface area contributed by atoms with E-state index in [9.17, 15) is 14.0 Å². The summed E-state index contributed by atoms with van der Waals surface area (Å²) >= 11 is 0. The van der Waals surface area contributed by atoms with Crippen molar-refractivity contribution in [1.29, 1.82) is 0 Å². The minimum atomic E-state index is -1.17. The maximum atomic E-state index is 13.2. The molecule has 1 atom stereocenters. The first-order valence-electron chi connectivity index (χ1n) is 8.35. The van der Waals surface area contributed by atoms with Crippen molar-refractivity contribution in [2.45, 2.75) is 25.0 Å². The van der Waals surface area contributed by atoms with Crippen LogP contribution in [-0.2, 0) is 9.53 Å². The first-order valence-corrected chi connectivity index (χ1v) is 8.35. The third-order valence-corrected chi connectivity index (χ3v) is 4.19. The summed E-state index contributed by atoms with van der Waals surface area (Å²) in [5.41, 5.74) is 0.953. The lowest BCUT2D eigenvalue weighted by atomic mass is 10.1. The van der Waals surface area contributed by atoms with E-state index >= 15 is 0 Å². The highest BCUT2D eigenvalue weighted by atomic mass is 19.1. The number of rotatable bonds is 5. The van der Waals surface area contributed by atoms with E-state index in [0.29, 0.717) is 11.1 Å². The molecule has 0 aliphatic heterocycles. The zero-order valence-corrected chi connectivity index (χ0v) is 13.8. The van der Waals surface area contributed by atoms with Gasteiger partial charge in [-0.15, -0.1) is 0 Å². The second kappa shape index (κ2) is 6.63. The van der Waals surface area contributed by atoms with Crippen molar-refractivity contribution in [3.05, 3.63) is 71.7 Å². The Labute approximate surface area is 148 Å². The molecule has 0 saturated heterocycles. The third kappa shape index (κ3) is 3.44. The van der Waals surface area contributed by atoms with Gasteiger partial charge in [-0.1, -0.05) is 30.3 Å². The molecule has 26 heavy (non-hydrogen) atoms. The lowest BCUT2D eigenvalue weighted by Crippen LogP contribution is -2.33. The van der Waals surface area contributed by atoms with E-state index in [4.69, 9.17) is 9.15 Å². The summed E-state index contributed by atoms with van der Waals surface area (Å²) in [6.45, 7) is 0. The average molecular weight is 353 g/mol. The fraction of sp³-hybridized carbons (Fsp3) is 0.200. The summed E-state index contributed by atoms with van der Waals surface area (Å²) in [4.78, 5) is 25.0. The Hall–Kier alpha value is -3.15. The zero-order chi connectivity index (χ0) is 18.1. The van der Waals surface area contributed by atoms with Gasteiger partial charge in [0.25, 0.3) is 5.91 Å². The summed E-state index contributed by atoms with van der Waals surface area (Å²) in [6, 6.07) is 14.2. The second-order valence-electron chi connectivity index (χ2n) is 6.27. The number of hydrogen-bond donors (Lipinski definition) is 1. The lowest BCUT2D eigenvalue weighted by Gasteiger charge is -2.17. The molecule has 1 heterocycles. The van der Waals surface area contributed by atoms with Gasteiger partial charge in [-0.25, -0.2) is 9.18 Å². The molecule has 1 amide bonds. The van der Waals surface area contributed by atoms with Crippen molar-refractivity contribution in [2.75, 3.05) is 0 Å². The Morgan fingerprint density at radius 1 is 1.12 bits per heavy atom. The molecule has 5 nitrogen and oxygen atoms in total. The van der Waals surface area contributed by atoms with Crippen LogP contribution in [0.3, 0.4) is 0 Å². The van der Waals surface area contributed by atoms with Crippen molar-refractivity contribution >= 4 is 22.8 Å². The number of nitrogens with one attached hydrogen (secondary N) is 1. The predicted molar refractivity (Wildman–Crippen MR) is 91.9 cm³/mol. The van der Waals surface area contributed by atoms with Crippen molar-refractivity contribution in [3.8, 4) is 0 Å². The van der Waals surface area contributed by atoms with E-state index in [1.165, 1.54) is 24.3 Å². The maximum Gasteiger partial charge on any atom is 0.375 e. The first-order chi connectivity index (χ1) is 12.6. The molecule has 4 rings (SSSR count). The van der Waals surface area contributed by atoms with Gasteiger partial charge in [0.2, 0.25) is 11.9 Å². The number of carbonyl (C=O) groups excluding carboxylic acids is 2. The molecule has 3 aromatic rings. The standard InChI is InChI=1S/C20H16FNO4/c21-14-7-5-12(6-8-14)18(19(23)22-15-9-10-15)26-20(24)17-11-13-3-1-2-4-16(13)25-17/h1-8,11,15,18H,9-10H2,(H,22,23)/t18-/m0/s1. The van der Waals surface area contributed by atoms with Gasteiger partial charge in [0.1, 0.15) is 11.4 Å². The summed E-state index contributed by atoms with van der Waals surface area (Å²) < 4.78 is 24.1. The van der Waals surface area contributed by atoms with Crippen molar-refractivity contribution in [1.82, 2.24) is 5.32 Å². The zero-order valence-electron chi connectivity index (χ0n) is 13.8. The smallest absolute Gasteiger partial charge is 0.375 e. The van der Waals surface area contributed by atoms with Crippen LogP contribution in [0.5, 0.6) is 0 Å². The maximum absolute atomic E-state index is 13.2. The Bertz CT molecular complexity index is 926. The Balaban J connectivity index is 1.59. The lowest BCUT2D eigenvalue weighted by molar-refractivity contribution is -0.130. The number of fused-ring (bicyclic) bond motifs is 1. The van der Waals surface area contributed by atoms with E-state index in [1.54, 1.807) is 18.2 Å². The van der Waals surface area contributed by atoms with Crippen LogP contribution in [0.25, 0.3) is 11.0 Å². The van der Waals surface area contributed by atoms with Gasteiger partial charge < -0.3 is 14.5 Å². The van der Waals surface area contributed by atoms with Crippen LogP contribution in [0.4, 0.5) is 4.39 Å². The molecule has 2 aromatic carbocycles. The van der Waals surface area contributed by atoms with Crippen LogP contribution >= 0.6 is 0 Å². The minimum absolute atomic E-state index is 0.0116. The molecule has 1 aromatic heterocycles. The first kappa shape index (κ1) is 16.3. The molecule has 1 N–H and O–H groups in total. The number of para-hydroxylation sites is 1. The van der Waals surface area contributed by atoms with Gasteiger partial charge in [-0.05, 0) is 37.1 Å². The highest BCUT2D eigenvalue weighted by Crippen LogP contribution is 2.26. The number of carbonyl (C=O) groups is 2. The topological polar surface area (TPSA) is 68.5 Å². The molecule has 1 fully saturated rings. The van der Waals surface area contributed by atoms with E-state index in [0.717, 1.165) is 18.2 Å². The molecule has 132 valence electrons. The Morgan fingerprint density at radius 2 is 1.85 bits per heavy atom. The summed E-state index contributed by atoms with van der Waals surface area (Å²) in [6.07, 6.45) is 0.635. The van der Waals surface area contributed by atoms with Crippen LogP contribution < -0.4 is 5.32 Å². The molecule has 0 unspecified atom stereocenters. The average Bonchev–Trinajstić information content (AvgIpc) is 3.34. The van der Waals surface area contributed by atoms with Crippen LogP contribution in [0.2, 0.25) is 0 Å². The van der Waals surface area contributed by atoms with Gasteiger partial charge >= 0.3 is 5.97 Å². The van der Waals surface area contributed by atoms with Crippen LogP contribution in [0.15, 0.2) is 59.0 Å². The minimum Gasteiger partial charge on any atom is -0.449 e. The molecule has 1 aliphatic carbocycles. The molecule has 0 spiro atoms. The van der Waals surface area contributed by atoms with Crippen molar-refractivity contribution in [3.63, 3.8) is 0 Å². The van der Waals surface area contributed by atoms with Gasteiger partial charge in [-0.2, -0.15) is 0 Å². The normalized spacial score (nSPS) is 14.8. The molecular formula is C20H16FNO4. The van der Waals surface area contributed by atoms with Gasteiger partial charge in [-0.3, -0.25) is 4.79 Å². The van der Waals surface area contributed by atoms with E-state index < -0.39 is 23.8 Å². The van der Waals surface area contributed by atoms with Crippen molar-refractivity contribution in [2.24, 2.45) is 0 Å². The number of halogens is 1. The van der Waals surface area contributed by atoms with Gasteiger partial charge in [0.15, 0.2) is 0 Å². The molecule has 0 radical (unpaired) electrons. The summed E-state index contributed by atoms with van der Waals surface area (Å²) in [5, 5.41) is 3.57. The van der Waals surface area contributed by atoms with Crippen LogP contribution in [0, 0.1) is 5.82 Å². The summed E-state index contributed by atoms with van der Waals surface area (Å²) in [7, 11) is 0. The highest BCUT2D eigenvalue weighted by Gasteiger charge is 2.31. The Morgan fingerprint density at radius 3 is 2.54 bits per heavy atom. The van der Waals surface area contributed by atoms with Crippen molar-refractivity contribution < 1.29 is 23.1 Å². The van der Waals surface area contributed by atoms with E-state index in [2.05, 4.69) is 5.32 Å². The summed E-state index contributed by atoms with van der Waals surface area (Å²) in [5.74, 6) is -1.60. The van der Waals surface area contributed by atoms with Crippen LogP contribution in [0.1, 0.15) is 35.1 Å². The second-order valence-corrected chi connectivity index (χ2v) is 6.27. The fourth-order valence-corrected chi connectivity index (χ4v) is 2.66. The number of ether oxygens (including phenoxy) is 1. The number of amides is 1. The van der Waals surface area contributed by atoms with Crippen LogP contribution in [-0.4, -0.2) is 17.9 Å². The predicted octanol–water partition coefficient (Wildman–Crippen LogP) is 3.75. The Kier molecular flexibility index (Phi) is 4.16. The highest BCUT2D eigenvalue weighted by molar-refractivity contribution is 5.94. The molecule has 6 heteroatoms. The quantitative estimate of drug-likeness (QED) is 0.710. The largest absolute Gasteiger partial charge is 0.449 e. The fourth-order valence-electron chi connectivity index (χ4n) is 2.66. The number of hydrogen-bond acceptors (Lipinski definition) is 4. The number of furan rings is 1. The SMILES string of the molecule is O=C(O[C@H](C(=O)NC1CC1)c1ccc(F)cc1)c1cc2ccccc2o1. The molecule has 1 aliphatic rings. The van der Waals surface area contributed by atoms with E-state index in [1.807, 2.05) is 12.1 Å². The van der Waals surface area contributed by atoms with Gasteiger partial charge in [0.05, 0.1) is 0 Å². The van der Waals surface area contributed by atoms with Gasteiger partial charge in [0, 0.05) is 17.0 Å². The number of benzene rings is 2. The molecule has 1 saturated carbocycles. The molecule has 0 bridgehead atoms. The van der Waals surface area contributed by atoms with E-state index in [-0.39, 0.29) is 11.8 Å². The number of esters is 1. The monoisotopic (exact) mass is 353 g/mol.